The lowest BCUT2D eigenvalue weighted by Gasteiger charge is -2.37. The van der Waals surface area contributed by atoms with E-state index in [0.29, 0.717) is 5.92 Å². The van der Waals surface area contributed by atoms with E-state index in [1.54, 1.807) is 0 Å². The van der Waals surface area contributed by atoms with E-state index in [1.165, 1.54) is 94.0 Å². The molecule has 1 N–H and O–H groups in total. The van der Waals surface area contributed by atoms with Crippen LogP contribution in [0.3, 0.4) is 0 Å². The molecule has 2 nitrogen and oxygen atoms in total. The molecule has 0 aliphatic carbocycles. The molecular weight excluding hydrogens is 436 g/mol. The van der Waals surface area contributed by atoms with Crippen LogP contribution in [0, 0.1) is 0 Å². The maximum absolute atomic E-state index is 3.72. The summed E-state index contributed by atoms with van der Waals surface area (Å²) in [6.45, 7) is 8.23. The standard InChI is InChI=1S/C34H50N2/c1-4-6-8-9-10-11-12-13-20-27-36-28-26-35-33(36)32(25-7-5-2)34(3,31-23-18-15-19-24-31)29-30-21-16-14-17-22-30/h14-19,21-24,26,28,32H,4-13,20,25,27,29H2,1-3H3/p+1. The largest absolute Gasteiger partial charge is 0.258 e. The van der Waals surface area contributed by atoms with Gasteiger partial charge < -0.3 is 0 Å². The molecule has 2 aromatic carbocycles. The number of hydrogen-bond donors (Lipinski definition) is 1. The Balaban J connectivity index is 1.74. The molecule has 3 aromatic rings. The van der Waals surface area contributed by atoms with E-state index in [9.17, 15) is 0 Å². The Kier molecular flexibility index (Phi) is 12.3. The molecule has 0 saturated carbocycles. The lowest BCUT2D eigenvalue weighted by molar-refractivity contribution is -0.705. The quantitative estimate of drug-likeness (QED) is 0.136. The zero-order valence-electron chi connectivity index (χ0n) is 23.4. The molecule has 0 aliphatic rings. The molecule has 0 spiro atoms. The highest BCUT2D eigenvalue weighted by Crippen LogP contribution is 2.43. The number of aromatic amines is 1. The Labute approximate surface area is 221 Å². The lowest BCUT2D eigenvalue weighted by Crippen LogP contribution is -2.43. The first-order valence-electron chi connectivity index (χ1n) is 14.8. The summed E-state index contributed by atoms with van der Waals surface area (Å²) in [7, 11) is 0. The number of unbranched alkanes of at least 4 members (excludes halogenated alkanes) is 9. The van der Waals surface area contributed by atoms with Gasteiger partial charge in [0.25, 0.3) is 5.82 Å². The van der Waals surface area contributed by atoms with Crippen molar-refractivity contribution >= 4 is 0 Å². The molecule has 2 unspecified atom stereocenters. The highest BCUT2D eigenvalue weighted by atomic mass is 15.1. The van der Waals surface area contributed by atoms with E-state index in [-0.39, 0.29) is 5.41 Å². The van der Waals surface area contributed by atoms with Gasteiger partial charge in [-0.05, 0) is 36.8 Å². The molecule has 36 heavy (non-hydrogen) atoms. The summed E-state index contributed by atoms with van der Waals surface area (Å²) in [5.74, 6) is 1.85. The van der Waals surface area contributed by atoms with E-state index in [2.05, 4.69) is 103 Å². The molecule has 0 radical (unpaired) electrons. The van der Waals surface area contributed by atoms with E-state index in [4.69, 9.17) is 0 Å². The van der Waals surface area contributed by atoms with Gasteiger partial charge in [-0.3, -0.25) is 0 Å². The average molecular weight is 488 g/mol. The van der Waals surface area contributed by atoms with Gasteiger partial charge in [0.15, 0.2) is 0 Å². The zero-order chi connectivity index (χ0) is 25.5. The molecule has 0 amide bonds. The summed E-state index contributed by atoms with van der Waals surface area (Å²) in [5, 5.41) is 0. The van der Waals surface area contributed by atoms with Gasteiger partial charge in [-0.15, -0.1) is 0 Å². The number of aryl methyl sites for hydroxylation is 1. The predicted molar refractivity (Wildman–Crippen MR) is 154 cm³/mol. The van der Waals surface area contributed by atoms with Gasteiger partial charge in [0.1, 0.15) is 12.4 Å². The Morgan fingerprint density at radius 2 is 1.31 bits per heavy atom. The fraction of sp³-hybridized carbons (Fsp3) is 0.559. The Morgan fingerprint density at radius 3 is 1.94 bits per heavy atom. The van der Waals surface area contributed by atoms with Gasteiger partial charge in [0.2, 0.25) is 0 Å². The second kappa shape index (κ2) is 15.7. The van der Waals surface area contributed by atoms with Crippen LogP contribution in [-0.4, -0.2) is 4.98 Å². The molecule has 1 heterocycles. The number of benzene rings is 2. The minimum absolute atomic E-state index is 0.0167. The summed E-state index contributed by atoms with van der Waals surface area (Å²) >= 11 is 0. The van der Waals surface area contributed by atoms with E-state index in [0.717, 1.165) is 13.0 Å². The SMILES string of the molecule is CCCCCCCCCCC[n+]1cc[nH]c1C(CCCC)C(C)(Cc1ccccc1)c1ccccc1. The van der Waals surface area contributed by atoms with Crippen molar-refractivity contribution in [3.8, 4) is 0 Å². The van der Waals surface area contributed by atoms with Crippen molar-refractivity contribution in [2.24, 2.45) is 0 Å². The van der Waals surface area contributed by atoms with E-state index in [1.807, 2.05) is 0 Å². The Hall–Kier alpha value is -2.35. The van der Waals surface area contributed by atoms with Crippen molar-refractivity contribution in [2.75, 3.05) is 0 Å². The average Bonchev–Trinajstić information content (AvgIpc) is 3.37. The summed E-state index contributed by atoms with van der Waals surface area (Å²) in [6.07, 6.45) is 21.5. The molecule has 2 atom stereocenters. The molecule has 0 bridgehead atoms. The fourth-order valence-corrected chi connectivity index (χ4v) is 5.89. The van der Waals surface area contributed by atoms with Crippen LogP contribution in [-0.2, 0) is 18.4 Å². The summed E-state index contributed by atoms with van der Waals surface area (Å²) in [4.78, 5) is 3.72. The van der Waals surface area contributed by atoms with Gasteiger partial charge >= 0.3 is 0 Å². The van der Waals surface area contributed by atoms with Gasteiger partial charge in [0, 0.05) is 5.41 Å². The third-order valence-electron chi connectivity index (χ3n) is 8.09. The van der Waals surface area contributed by atoms with Gasteiger partial charge in [-0.2, -0.15) is 0 Å². The first kappa shape index (κ1) is 28.2. The maximum Gasteiger partial charge on any atom is 0.258 e. The number of nitrogens with zero attached hydrogens (tertiary/aromatic N) is 1. The van der Waals surface area contributed by atoms with Crippen molar-refractivity contribution in [3.05, 3.63) is 90.0 Å². The van der Waals surface area contributed by atoms with Crippen LogP contribution < -0.4 is 4.57 Å². The topological polar surface area (TPSA) is 19.7 Å². The third-order valence-corrected chi connectivity index (χ3v) is 8.09. The van der Waals surface area contributed by atoms with Crippen LogP contribution in [0.4, 0.5) is 0 Å². The monoisotopic (exact) mass is 487 g/mol. The van der Waals surface area contributed by atoms with Gasteiger partial charge in [-0.1, -0.05) is 139 Å². The molecule has 2 heteroatoms. The normalized spacial score (nSPS) is 14.0. The molecule has 0 aliphatic heterocycles. The maximum atomic E-state index is 3.72. The second-order valence-corrected chi connectivity index (χ2v) is 11.0. The second-order valence-electron chi connectivity index (χ2n) is 11.0. The minimum atomic E-state index is 0.0167. The molecular formula is C34H51N2+. The van der Waals surface area contributed by atoms with E-state index >= 15 is 0 Å². The van der Waals surface area contributed by atoms with Crippen LogP contribution in [0.25, 0.3) is 0 Å². The van der Waals surface area contributed by atoms with Crippen LogP contribution in [0.5, 0.6) is 0 Å². The molecule has 0 saturated heterocycles. The van der Waals surface area contributed by atoms with Crippen molar-refractivity contribution in [2.45, 2.75) is 122 Å². The summed E-state index contributed by atoms with van der Waals surface area (Å²) in [5.41, 5.74) is 2.88. The zero-order valence-corrected chi connectivity index (χ0v) is 23.4. The first-order chi connectivity index (χ1) is 17.7. The van der Waals surface area contributed by atoms with Gasteiger partial charge in [0.05, 0.1) is 12.5 Å². The number of aromatic nitrogens is 2. The molecule has 196 valence electrons. The van der Waals surface area contributed by atoms with Crippen LogP contribution >= 0.6 is 0 Å². The van der Waals surface area contributed by atoms with Crippen LogP contribution in [0.2, 0.25) is 0 Å². The summed E-state index contributed by atoms with van der Waals surface area (Å²) < 4.78 is 2.54. The number of imidazole rings is 1. The fourth-order valence-electron chi connectivity index (χ4n) is 5.89. The Morgan fingerprint density at radius 1 is 0.722 bits per heavy atom. The van der Waals surface area contributed by atoms with Crippen LogP contribution in [0.15, 0.2) is 73.1 Å². The minimum Gasteiger partial charge on any atom is -0.247 e. The number of hydrogen-bond acceptors (Lipinski definition) is 0. The summed E-state index contributed by atoms with van der Waals surface area (Å²) in [6, 6.07) is 22.3. The number of rotatable bonds is 18. The predicted octanol–water partition coefficient (Wildman–Crippen LogP) is 9.31. The first-order valence-corrected chi connectivity index (χ1v) is 14.8. The van der Waals surface area contributed by atoms with Gasteiger partial charge in [-0.25, -0.2) is 9.55 Å². The molecule has 3 rings (SSSR count). The molecule has 1 aromatic heterocycles. The highest BCUT2D eigenvalue weighted by Gasteiger charge is 2.41. The Bertz CT molecular complexity index is 946. The smallest absolute Gasteiger partial charge is 0.247 e. The number of H-pyrrole nitrogens is 1. The third kappa shape index (κ3) is 8.36. The molecule has 0 fully saturated rings. The van der Waals surface area contributed by atoms with Crippen molar-refractivity contribution in [3.63, 3.8) is 0 Å². The lowest BCUT2D eigenvalue weighted by atomic mass is 9.66. The van der Waals surface area contributed by atoms with Crippen molar-refractivity contribution in [1.82, 2.24) is 4.98 Å². The highest BCUT2D eigenvalue weighted by molar-refractivity contribution is 5.32. The van der Waals surface area contributed by atoms with Crippen molar-refractivity contribution < 1.29 is 4.57 Å². The van der Waals surface area contributed by atoms with Crippen LogP contribution in [0.1, 0.15) is 121 Å². The van der Waals surface area contributed by atoms with Crippen molar-refractivity contribution in [1.29, 1.82) is 0 Å². The van der Waals surface area contributed by atoms with E-state index < -0.39 is 0 Å². The number of nitrogens with one attached hydrogen (secondary N) is 1.